The number of fused-ring (bicyclic) bond motifs is 1. The summed E-state index contributed by atoms with van der Waals surface area (Å²) in [7, 11) is 0. The Morgan fingerprint density at radius 2 is 1.73 bits per heavy atom. The number of imidazole rings is 1. The zero-order valence-electron chi connectivity index (χ0n) is 15.4. The molecular formula is C20H22N4O2. The van der Waals surface area contributed by atoms with Crippen molar-refractivity contribution in [2.45, 2.75) is 27.7 Å². The largest absolute Gasteiger partial charge is 0.342 e. The van der Waals surface area contributed by atoms with Crippen molar-refractivity contribution in [1.29, 1.82) is 0 Å². The highest BCUT2D eigenvalue weighted by atomic mass is 16.2. The van der Waals surface area contributed by atoms with E-state index in [1.54, 1.807) is 10.6 Å². The van der Waals surface area contributed by atoms with Gasteiger partial charge in [-0.1, -0.05) is 17.7 Å². The SMILES string of the molecule is Cc1cc(C)c(NC(=O)CNC(=O)c2cn3ccc(C)cc3n2)c(C)c1. The van der Waals surface area contributed by atoms with Crippen LogP contribution in [-0.4, -0.2) is 27.7 Å². The highest BCUT2D eigenvalue weighted by molar-refractivity contribution is 5.99. The average molecular weight is 350 g/mol. The van der Waals surface area contributed by atoms with Gasteiger partial charge in [0.2, 0.25) is 5.91 Å². The molecule has 6 heteroatoms. The van der Waals surface area contributed by atoms with Crippen LogP contribution in [0.25, 0.3) is 5.65 Å². The number of aryl methyl sites for hydroxylation is 4. The number of anilines is 1. The Hall–Kier alpha value is -3.15. The summed E-state index contributed by atoms with van der Waals surface area (Å²) in [6, 6.07) is 7.86. The molecule has 0 aliphatic heterocycles. The van der Waals surface area contributed by atoms with Crippen molar-refractivity contribution in [3.05, 3.63) is 64.6 Å². The van der Waals surface area contributed by atoms with E-state index in [2.05, 4.69) is 15.6 Å². The lowest BCUT2D eigenvalue weighted by Crippen LogP contribution is -2.33. The van der Waals surface area contributed by atoms with Crippen molar-refractivity contribution < 1.29 is 9.59 Å². The molecule has 0 aliphatic rings. The standard InChI is InChI=1S/C20H22N4O2/c1-12-5-6-24-11-16(22-17(24)9-12)20(26)21-10-18(25)23-19-14(3)7-13(2)8-15(19)4/h5-9,11H,10H2,1-4H3,(H,21,26)(H,23,25). The Kier molecular flexibility index (Phi) is 4.75. The topological polar surface area (TPSA) is 75.5 Å². The van der Waals surface area contributed by atoms with Crippen LogP contribution in [0.1, 0.15) is 32.7 Å². The predicted molar refractivity (Wildman–Crippen MR) is 102 cm³/mol. The summed E-state index contributed by atoms with van der Waals surface area (Å²) in [5, 5.41) is 5.49. The molecule has 26 heavy (non-hydrogen) atoms. The minimum atomic E-state index is -0.376. The lowest BCUT2D eigenvalue weighted by Gasteiger charge is -2.13. The molecule has 2 amide bonds. The maximum absolute atomic E-state index is 12.3. The summed E-state index contributed by atoms with van der Waals surface area (Å²) in [4.78, 5) is 28.8. The highest BCUT2D eigenvalue weighted by Crippen LogP contribution is 2.21. The molecular weight excluding hydrogens is 328 g/mol. The van der Waals surface area contributed by atoms with Gasteiger partial charge >= 0.3 is 0 Å². The van der Waals surface area contributed by atoms with Gasteiger partial charge in [-0.2, -0.15) is 0 Å². The molecule has 0 unspecified atom stereocenters. The van der Waals surface area contributed by atoms with Gasteiger partial charge < -0.3 is 15.0 Å². The number of pyridine rings is 1. The third-order valence-corrected chi connectivity index (χ3v) is 4.20. The van der Waals surface area contributed by atoms with Crippen molar-refractivity contribution in [2.75, 3.05) is 11.9 Å². The van der Waals surface area contributed by atoms with Gasteiger partial charge in [-0.05, 0) is 56.5 Å². The summed E-state index contributed by atoms with van der Waals surface area (Å²) < 4.78 is 1.78. The molecule has 0 spiro atoms. The Morgan fingerprint density at radius 3 is 2.42 bits per heavy atom. The van der Waals surface area contributed by atoms with Crippen LogP contribution in [0.2, 0.25) is 0 Å². The maximum Gasteiger partial charge on any atom is 0.271 e. The van der Waals surface area contributed by atoms with E-state index in [0.29, 0.717) is 5.65 Å². The summed E-state index contributed by atoms with van der Waals surface area (Å²) in [6.07, 6.45) is 3.50. The smallest absolute Gasteiger partial charge is 0.271 e. The summed E-state index contributed by atoms with van der Waals surface area (Å²) >= 11 is 0. The van der Waals surface area contributed by atoms with Crippen LogP contribution in [0.4, 0.5) is 5.69 Å². The third kappa shape index (κ3) is 3.74. The van der Waals surface area contributed by atoms with Crippen molar-refractivity contribution in [1.82, 2.24) is 14.7 Å². The molecule has 0 radical (unpaired) electrons. The minimum Gasteiger partial charge on any atom is -0.342 e. The molecule has 0 atom stereocenters. The van der Waals surface area contributed by atoms with Gasteiger partial charge in [-0.15, -0.1) is 0 Å². The van der Waals surface area contributed by atoms with Crippen molar-refractivity contribution in [3.63, 3.8) is 0 Å². The molecule has 3 aromatic rings. The Morgan fingerprint density at radius 1 is 1.04 bits per heavy atom. The first-order valence-corrected chi connectivity index (χ1v) is 8.45. The van der Waals surface area contributed by atoms with E-state index in [4.69, 9.17) is 0 Å². The van der Waals surface area contributed by atoms with Crippen LogP contribution >= 0.6 is 0 Å². The van der Waals surface area contributed by atoms with E-state index in [1.165, 1.54) is 0 Å². The predicted octanol–water partition coefficient (Wildman–Crippen LogP) is 2.94. The first kappa shape index (κ1) is 17.7. The van der Waals surface area contributed by atoms with E-state index in [9.17, 15) is 9.59 Å². The van der Waals surface area contributed by atoms with Crippen molar-refractivity contribution in [2.24, 2.45) is 0 Å². The highest BCUT2D eigenvalue weighted by Gasteiger charge is 2.13. The second-order valence-corrected chi connectivity index (χ2v) is 6.60. The molecule has 2 N–H and O–H groups in total. The molecule has 134 valence electrons. The van der Waals surface area contributed by atoms with Crippen LogP contribution in [0.15, 0.2) is 36.7 Å². The normalized spacial score (nSPS) is 10.8. The van der Waals surface area contributed by atoms with Gasteiger partial charge in [-0.25, -0.2) is 4.98 Å². The molecule has 0 aliphatic carbocycles. The fraction of sp³-hybridized carbons (Fsp3) is 0.250. The minimum absolute atomic E-state index is 0.113. The van der Waals surface area contributed by atoms with Crippen LogP contribution in [0.5, 0.6) is 0 Å². The molecule has 1 aromatic carbocycles. The van der Waals surface area contributed by atoms with E-state index < -0.39 is 0 Å². The Balaban J connectivity index is 1.64. The fourth-order valence-corrected chi connectivity index (χ4v) is 3.01. The van der Waals surface area contributed by atoms with Gasteiger partial charge in [-0.3, -0.25) is 9.59 Å². The number of amides is 2. The third-order valence-electron chi connectivity index (χ3n) is 4.20. The number of carbonyl (C=O) groups is 2. The summed E-state index contributed by atoms with van der Waals surface area (Å²) in [6.45, 7) is 7.77. The zero-order chi connectivity index (χ0) is 18.8. The monoisotopic (exact) mass is 350 g/mol. The van der Waals surface area contributed by atoms with Crippen LogP contribution in [-0.2, 0) is 4.79 Å². The fourth-order valence-electron chi connectivity index (χ4n) is 3.01. The second kappa shape index (κ2) is 7.00. The second-order valence-electron chi connectivity index (χ2n) is 6.60. The maximum atomic E-state index is 12.3. The Bertz CT molecular complexity index is 981. The van der Waals surface area contributed by atoms with Gasteiger partial charge in [0.1, 0.15) is 11.3 Å². The van der Waals surface area contributed by atoms with E-state index >= 15 is 0 Å². The summed E-state index contributed by atoms with van der Waals surface area (Å²) in [5.41, 5.74) is 5.98. The van der Waals surface area contributed by atoms with E-state index in [1.807, 2.05) is 58.2 Å². The number of aromatic nitrogens is 2. The van der Waals surface area contributed by atoms with E-state index in [0.717, 1.165) is 27.9 Å². The van der Waals surface area contributed by atoms with Crippen molar-refractivity contribution >= 4 is 23.1 Å². The van der Waals surface area contributed by atoms with Crippen LogP contribution in [0, 0.1) is 27.7 Å². The average Bonchev–Trinajstić information content (AvgIpc) is 2.99. The van der Waals surface area contributed by atoms with Gasteiger partial charge in [0, 0.05) is 18.1 Å². The number of nitrogens with one attached hydrogen (secondary N) is 2. The van der Waals surface area contributed by atoms with E-state index in [-0.39, 0.29) is 24.1 Å². The number of hydrogen-bond donors (Lipinski definition) is 2. The number of carbonyl (C=O) groups excluding carboxylic acids is 2. The number of rotatable bonds is 4. The number of nitrogens with zero attached hydrogens (tertiary/aromatic N) is 2. The zero-order valence-corrected chi connectivity index (χ0v) is 15.4. The molecule has 2 heterocycles. The van der Waals surface area contributed by atoms with Gasteiger partial charge in [0.25, 0.3) is 5.91 Å². The quantitative estimate of drug-likeness (QED) is 0.760. The van der Waals surface area contributed by atoms with Gasteiger partial charge in [0.05, 0.1) is 6.54 Å². The van der Waals surface area contributed by atoms with Crippen molar-refractivity contribution in [3.8, 4) is 0 Å². The molecule has 0 fully saturated rings. The Labute approximate surface area is 152 Å². The van der Waals surface area contributed by atoms with Gasteiger partial charge in [0.15, 0.2) is 0 Å². The first-order chi connectivity index (χ1) is 12.3. The number of benzene rings is 1. The lowest BCUT2D eigenvalue weighted by atomic mass is 10.1. The molecule has 3 rings (SSSR count). The molecule has 2 aromatic heterocycles. The molecule has 0 saturated carbocycles. The molecule has 0 saturated heterocycles. The first-order valence-electron chi connectivity index (χ1n) is 8.45. The van der Waals surface area contributed by atoms with Crippen LogP contribution in [0.3, 0.4) is 0 Å². The molecule has 6 nitrogen and oxygen atoms in total. The lowest BCUT2D eigenvalue weighted by molar-refractivity contribution is -0.115. The molecule has 0 bridgehead atoms. The number of hydrogen-bond acceptors (Lipinski definition) is 3. The van der Waals surface area contributed by atoms with Crippen LogP contribution < -0.4 is 10.6 Å². The summed E-state index contributed by atoms with van der Waals surface area (Å²) in [5.74, 6) is -0.646.